The SMILES string of the molecule is CCC(C)CC(C)Nc1cc([N+](=O)[O-])cc(NC)n1. The lowest BCUT2D eigenvalue weighted by molar-refractivity contribution is -0.384. The molecular weight excluding hydrogens is 244 g/mol. The number of anilines is 2. The lowest BCUT2D eigenvalue weighted by Crippen LogP contribution is -2.19. The summed E-state index contributed by atoms with van der Waals surface area (Å²) in [7, 11) is 1.69. The maximum absolute atomic E-state index is 10.9. The highest BCUT2D eigenvalue weighted by atomic mass is 16.6. The Bertz CT molecular complexity index is 437. The molecule has 6 heteroatoms. The summed E-state index contributed by atoms with van der Waals surface area (Å²) in [6.07, 6.45) is 2.13. The van der Waals surface area contributed by atoms with Gasteiger partial charge in [-0.3, -0.25) is 10.1 Å². The van der Waals surface area contributed by atoms with Crippen molar-refractivity contribution in [3.05, 3.63) is 22.2 Å². The van der Waals surface area contributed by atoms with Gasteiger partial charge in [-0.25, -0.2) is 4.98 Å². The van der Waals surface area contributed by atoms with Gasteiger partial charge in [0.1, 0.15) is 11.6 Å². The van der Waals surface area contributed by atoms with Crippen LogP contribution < -0.4 is 10.6 Å². The summed E-state index contributed by atoms with van der Waals surface area (Å²) in [4.78, 5) is 14.7. The van der Waals surface area contributed by atoms with Gasteiger partial charge in [0, 0.05) is 13.1 Å². The molecule has 6 nitrogen and oxygen atoms in total. The lowest BCUT2D eigenvalue weighted by atomic mass is 10.0. The van der Waals surface area contributed by atoms with Crippen molar-refractivity contribution in [2.75, 3.05) is 17.7 Å². The fraction of sp³-hybridized carbons (Fsp3) is 0.615. The highest BCUT2D eigenvalue weighted by molar-refractivity contribution is 5.54. The Labute approximate surface area is 113 Å². The predicted octanol–water partition coefficient (Wildman–Crippen LogP) is 3.27. The first-order chi connectivity index (χ1) is 8.96. The second-order valence-corrected chi connectivity index (χ2v) is 4.90. The molecule has 0 spiro atoms. The van der Waals surface area contributed by atoms with Crippen LogP contribution in [-0.2, 0) is 0 Å². The van der Waals surface area contributed by atoms with Crippen LogP contribution in [0, 0.1) is 16.0 Å². The number of nitrogens with zero attached hydrogens (tertiary/aromatic N) is 2. The molecule has 0 saturated heterocycles. The molecule has 1 rings (SSSR count). The molecule has 0 radical (unpaired) electrons. The van der Waals surface area contributed by atoms with Crippen molar-refractivity contribution in [2.24, 2.45) is 5.92 Å². The second kappa shape index (κ2) is 6.92. The van der Waals surface area contributed by atoms with Crippen molar-refractivity contribution in [2.45, 2.75) is 39.7 Å². The summed E-state index contributed by atoms with van der Waals surface area (Å²) in [5, 5.41) is 16.9. The van der Waals surface area contributed by atoms with Crippen molar-refractivity contribution in [1.29, 1.82) is 0 Å². The standard InChI is InChI=1S/C13H22N4O2/c1-5-9(2)6-10(3)15-13-8-11(17(18)19)7-12(14-4)16-13/h7-10H,5-6H2,1-4H3,(H2,14,15,16). The molecule has 106 valence electrons. The van der Waals surface area contributed by atoms with Crippen LogP contribution in [0.4, 0.5) is 17.3 Å². The van der Waals surface area contributed by atoms with E-state index < -0.39 is 4.92 Å². The van der Waals surface area contributed by atoms with Gasteiger partial charge in [-0.15, -0.1) is 0 Å². The molecule has 0 aromatic carbocycles. The van der Waals surface area contributed by atoms with Gasteiger partial charge < -0.3 is 10.6 Å². The van der Waals surface area contributed by atoms with Crippen LogP contribution in [-0.4, -0.2) is 23.0 Å². The van der Waals surface area contributed by atoms with E-state index in [1.54, 1.807) is 7.05 Å². The van der Waals surface area contributed by atoms with Gasteiger partial charge in [-0.05, 0) is 19.3 Å². The molecule has 1 heterocycles. The number of hydrogen-bond acceptors (Lipinski definition) is 5. The van der Waals surface area contributed by atoms with Crippen molar-refractivity contribution < 1.29 is 4.92 Å². The van der Waals surface area contributed by atoms with E-state index in [0.717, 1.165) is 12.8 Å². The molecule has 2 atom stereocenters. The van der Waals surface area contributed by atoms with Gasteiger partial charge in [-0.2, -0.15) is 0 Å². The van der Waals surface area contributed by atoms with Crippen LogP contribution in [0.1, 0.15) is 33.6 Å². The molecule has 1 aromatic rings. The van der Waals surface area contributed by atoms with Gasteiger partial charge in [0.05, 0.1) is 17.1 Å². The zero-order valence-corrected chi connectivity index (χ0v) is 11.9. The summed E-state index contributed by atoms with van der Waals surface area (Å²) >= 11 is 0. The summed E-state index contributed by atoms with van der Waals surface area (Å²) in [5.74, 6) is 1.65. The number of aromatic nitrogens is 1. The van der Waals surface area contributed by atoms with Gasteiger partial charge >= 0.3 is 0 Å². The molecule has 0 aliphatic carbocycles. The molecule has 0 amide bonds. The highest BCUT2D eigenvalue weighted by Crippen LogP contribution is 2.22. The van der Waals surface area contributed by atoms with E-state index in [1.165, 1.54) is 12.1 Å². The highest BCUT2D eigenvalue weighted by Gasteiger charge is 2.13. The first kappa shape index (κ1) is 15.2. The van der Waals surface area contributed by atoms with Crippen LogP contribution >= 0.6 is 0 Å². The molecule has 0 saturated carbocycles. The van der Waals surface area contributed by atoms with Gasteiger partial charge in [0.15, 0.2) is 0 Å². The molecule has 1 aromatic heterocycles. The average molecular weight is 266 g/mol. The number of pyridine rings is 1. The quantitative estimate of drug-likeness (QED) is 0.585. The van der Waals surface area contributed by atoms with Crippen molar-refractivity contribution in [1.82, 2.24) is 4.98 Å². The van der Waals surface area contributed by atoms with E-state index in [2.05, 4.69) is 36.4 Å². The number of nitro groups is 1. The summed E-state index contributed by atoms with van der Waals surface area (Å²) < 4.78 is 0. The Morgan fingerprint density at radius 1 is 1.37 bits per heavy atom. The zero-order chi connectivity index (χ0) is 14.4. The van der Waals surface area contributed by atoms with Gasteiger partial charge in [0.25, 0.3) is 5.69 Å². The van der Waals surface area contributed by atoms with E-state index >= 15 is 0 Å². The molecule has 0 aliphatic heterocycles. The Balaban J connectivity index is 2.82. The van der Waals surface area contributed by atoms with Crippen molar-refractivity contribution in [3.8, 4) is 0 Å². The van der Waals surface area contributed by atoms with E-state index in [1.807, 2.05) is 0 Å². The number of rotatable bonds is 7. The summed E-state index contributed by atoms with van der Waals surface area (Å²) in [5.41, 5.74) is 0.0394. The van der Waals surface area contributed by atoms with Crippen LogP contribution in [0.25, 0.3) is 0 Å². The Hall–Kier alpha value is -1.85. The normalized spacial score (nSPS) is 13.7. The Morgan fingerprint density at radius 2 is 2.00 bits per heavy atom. The van der Waals surface area contributed by atoms with Crippen LogP contribution in [0.3, 0.4) is 0 Å². The monoisotopic (exact) mass is 266 g/mol. The van der Waals surface area contributed by atoms with Crippen LogP contribution in [0.15, 0.2) is 12.1 Å². The van der Waals surface area contributed by atoms with E-state index in [4.69, 9.17) is 0 Å². The zero-order valence-electron chi connectivity index (χ0n) is 11.9. The fourth-order valence-electron chi connectivity index (χ4n) is 1.91. The Morgan fingerprint density at radius 3 is 2.53 bits per heavy atom. The maximum Gasteiger partial charge on any atom is 0.276 e. The summed E-state index contributed by atoms with van der Waals surface area (Å²) in [6, 6.07) is 3.12. The second-order valence-electron chi connectivity index (χ2n) is 4.90. The van der Waals surface area contributed by atoms with Gasteiger partial charge in [-0.1, -0.05) is 20.3 Å². The van der Waals surface area contributed by atoms with Crippen LogP contribution in [0.2, 0.25) is 0 Å². The Kier molecular flexibility index (Phi) is 5.54. The van der Waals surface area contributed by atoms with E-state index in [-0.39, 0.29) is 11.7 Å². The molecule has 2 unspecified atom stereocenters. The smallest absolute Gasteiger partial charge is 0.276 e. The van der Waals surface area contributed by atoms with E-state index in [9.17, 15) is 10.1 Å². The first-order valence-electron chi connectivity index (χ1n) is 6.57. The van der Waals surface area contributed by atoms with E-state index in [0.29, 0.717) is 17.6 Å². The minimum Gasteiger partial charge on any atom is -0.373 e. The maximum atomic E-state index is 10.9. The lowest BCUT2D eigenvalue weighted by Gasteiger charge is -2.18. The van der Waals surface area contributed by atoms with Gasteiger partial charge in [0.2, 0.25) is 0 Å². The molecule has 0 fully saturated rings. The fourth-order valence-corrected chi connectivity index (χ4v) is 1.91. The summed E-state index contributed by atoms with van der Waals surface area (Å²) in [6.45, 7) is 6.41. The largest absolute Gasteiger partial charge is 0.373 e. The third-order valence-electron chi connectivity index (χ3n) is 3.12. The molecule has 0 aliphatic rings. The third-order valence-corrected chi connectivity index (χ3v) is 3.12. The topological polar surface area (TPSA) is 80.1 Å². The molecular formula is C13H22N4O2. The third kappa shape index (κ3) is 4.73. The number of nitrogens with one attached hydrogen (secondary N) is 2. The average Bonchev–Trinajstić information content (AvgIpc) is 2.37. The number of hydrogen-bond donors (Lipinski definition) is 2. The van der Waals surface area contributed by atoms with Crippen molar-refractivity contribution >= 4 is 17.3 Å². The minimum absolute atomic E-state index is 0.0394. The molecule has 2 N–H and O–H groups in total. The van der Waals surface area contributed by atoms with Crippen molar-refractivity contribution in [3.63, 3.8) is 0 Å². The van der Waals surface area contributed by atoms with Crippen LogP contribution in [0.5, 0.6) is 0 Å². The minimum atomic E-state index is -0.410. The molecule has 0 bridgehead atoms. The molecule has 19 heavy (non-hydrogen) atoms. The predicted molar refractivity (Wildman–Crippen MR) is 77.6 cm³/mol. The first-order valence-corrected chi connectivity index (χ1v) is 6.57.